The Morgan fingerprint density at radius 2 is 1.88 bits per heavy atom. The fourth-order valence-electron chi connectivity index (χ4n) is 3.42. The SMILES string of the molecule is O=C1NCc2ccc(S(=O)(=O)NCCNC/C=C/c3ccc(-c4cccnc4)cc3)cc21. The summed E-state index contributed by atoms with van der Waals surface area (Å²) in [5, 5.41) is 5.86. The number of aromatic nitrogens is 1. The average Bonchev–Trinajstić information content (AvgIpc) is 3.19. The Morgan fingerprint density at radius 3 is 2.66 bits per heavy atom. The van der Waals surface area contributed by atoms with Crippen molar-refractivity contribution in [1.82, 2.24) is 20.3 Å². The van der Waals surface area contributed by atoms with Crippen molar-refractivity contribution in [3.63, 3.8) is 0 Å². The number of carbonyl (C=O) groups excluding carboxylic acids is 1. The third kappa shape index (κ3) is 5.28. The predicted molar refractivity (Wildman–Crippen MR) is 124 cm³/mol. The first kappa shape index (κ1) is 21.9. The first-order valence-electron chi connectivity index (χ1n) is 10.3. The van der Waals surface area contributed by atoms with Crippen LogP contribution in [0.15, 0.2) is 78.0 Å². The van der Waals surface area contributed by atoms with E-state index in [4.69, 9.17) is 0 Å². The van der Waals surface area contributed by atoms with E-state index in [1.807, 2.05) is 42.6 Å². The minimum atomic E-state index is -3.66. The maximum atomic E-state index is 12.5. The van der Waals surface area contributed by atoms with Crippen LogP contribution in [-0.2, 0) is 16.6 Å². The van der Waals surface area contributed by atoms with Gasteiger partial charge in [-0.1, -0.05) is 48.6 Å². The first-order valence-corrected chi connectivity index (χ1v) is 11.8. The topological polar surface area (TPSA) is 100 Å². The Bertz CT molecular complexity index is 1220. The van der Waals surface area contributed by atoms with E-state index in [9.17, 15) is 13.2 Å². The molecule has 2 aromatic carbocycles. The molecule has 3 N–H and O–H groups in total. The van der Waals surface area contributed by atoms with Crippen molar-refractivity contribution in [2.75, 3.05) is 19.6 Å². The molecule has 0 saturated heterocycles. The van der Waals surface area contributed by atoms with E-state index in [0.29, 0.717) is 25.2 Å². The summed E-state index contributed by atoms with van der Waals surface area (Å²) in [5.41, 5.74) is 4.51. The number of sulfonamides is 1. The van der Waals surface area contributed by atoms with Crippen LogP contribution < -0.4 is 15.4 Å². The third-order valence-corrected chi connectivity index (χ3v) is 6.61. The lowest BCUT2D eigenvalue weighted by Crippen LogP contribution is -2.32. The molecule has 8 heteroatoms. The summed E-state index contributed by atoms with van der Waals surface area (Å²) in [6.45, 7) is 1.79. The van der Waals surface area contributed by atoms with Crippen molar-refractivity contribution < 1.29 is 13.2 Å². The van der Waals surface area contributed by atoms with Gasteiger partial charge in [-0.2, -0.15) is 0 Å². The van der Waals surface area contributed by atoms with Gasteiger partial charge in [-0.25, -0.2) is 13.1 Å². The van der Waals surface area contributed by atoms with Gasteiger partial charge in [0.25, 0.3) is 5.91 Å². The van der Waals surface area contributed by atoms with Crippen LogP contribution in [0.25, 0.3) is 17.2 Å². The van der Waals surface area contributed by atoms with Gasteiger partial charge in [0.1, 0.15) is 0 Å². The molecule has 0 spiro atoms. The highest BCUT2D eigenvalue weighted by atomic mass is 32.2. The summed E-state index contributed by atoms with van der Waals surface area (Å²) in [6, 6.07) is 16.8. The Kier molecular flexibility index (Phi) is 6.75. The molecule has 0 radical (unpaired) electrons. The molecule has 1 aromatic heterocycles. The molecule has 32 heavy (non-hydrogen) atoms. The molecule has 1 amide bonds. The summed E-state index contributed by atoms with van der Waals surface area (Å²) >= 11 is 0. The Balaban J connectivity index is 1.21. The van der Waals surface area contributed by atoms with E-state index in [1.54, 1.807) is 12.3 Å². The largest absolute Gasteiger partial charge is 0.348 e. The van der Waals surface area contributed by atoms with Crippen LogP contribution in [0.1, 0.15) is 21.5 Å². The zero-order valence-corrected chi connectivity index (χ0v) is 18.2. The predicted octanol–water partition coefficient (Wildman–Crippen LogP) is 2.57. The number of fused-ring (bicyclic) bond motifs is 1. The molecule has 0 aliphatic carbocycles. The molecular formula is C24H24N4O3S. The van der Waals surface area contributed by atoms with Gasteiger partial charge in [0.2, 0.25) is 10.0 Å². The molecule has 2 heterocycles. The molecule has 3 aromatic rings. The summed E-state index contributed by atoms with van der Waals surface area (Å²) in [4.78, 5) is 16.0. The smallest absolute Gasteiger partial charge is 0.251 e. The fraction of sp³-hybridized carbons (Fsp3) is 0.167. The number of hydrogen-bond donors (Lipinski definition) is 3. The van der Waals surface area contributed by atoms with Crippen molar-refractivity contribution >= 4 is 22.0 Å². The molecule has 0 bridgehead atoms. The number of hydrogen-bond acceptors (Lipinski definition) is 5. The van der Waals surface area contributed by atoms with Gasteiger partial charge < -0.3 is 10.6 Å². The zero-order valence-electron chi connectivity index (χ0n) is 17.4. The van der Waals surface area contributed by atoms with Gasteiger partial charge in [0.15, 0.2) is 0 Å². The minimum absolute atomic E-state index is 0.0999. The third-order valence-electron chi connectivity index (χ3n) is 5.15. The van der Waals surface area contributed by atoms with Crippen LogP contribution in [0.4, 0.5) is 0 Å². The number of nitrogens with one attached hydrogen (secondary N) is 3. The van der Waals surface area contributed by atoms with Gasteiger partial charge in [-0.15, -0.1) is 0 Å². The highest BCUT2D eigenvalue weighted by Gasteiger charge is 2.22. The van der Waals surface area contributed by atoms with Crippen molar-refractivity contribution in [1.29, 1.82) is 0 Å². The molecule has 0 saturated carbocycles. The Hall–Kier alpha value is -3.33. The average molecular weight is 449 g/mol. The number of amides is 1. The molecule has 4 rings (SSSR count). The van der Waals surface area contributed by atoms with Gasteiger partial charge in [0.05, 0.1) is 4.90 Å². The summed E-state index contributed by atoms with van der Waals surface area (Å²) in [5.74, 6) is -0.239. The van der Waals surface area contributed by atoms with E-state index in [-0.39, 0.29) is 17.3 Å². The van der Waals surface area contributed by atoms with Gasteiger partial charge >= 0.3 is 0 Å². The lowest BCUT2D eigenvalue weighted by molar-refractivity contribution is 0.0965. The molecule has 7 nitrogen and oxygen atoms in total. The molecule has 1 aliphatic heterocycles. The quantitative estimate of drug-likeness (QED) is 0.437. The second kappa shape index (κ2) is 9.86. The van der Waals surface area contributed by atoms with Crippen molar-refractivity contribution in [3.8, 4) is 11.1 Å². The maximum Gasteiger partial charge on any atom is 0.251 e. The van der Waals surface area contributed by atoms with E-state index in [1.165, 1.54) is 12.1 Å². The van der Waals surface area contributed by atoms with Crippen molar-refractivity contribution in [2.45, 2.75) is 11.4 Å². The monoisotopic (exact) mass is 448 g/mol. The highest BCUT2D eigenvalue weighted by Crippen LogP contribution is 2.20. The Morgan fingerprint density at radius 1 is 1.03 bits per heavy atom. The van der Waals surface area contributed by atoms with Gasteiger partial charge in [-0.3, -0.25) is 9.78 Å². The number of rotatable bonds is 9. The number of carbonyl (C=O) groups is 1. The molecular weight excluding hydrogens is 424 g/mol. The van der Waals surface area contributed by atoms with Crippen LogP contribution in [0.5, 0.6) is 0 Å². The van der Waals surface area contributed by atoms with Gasteiger partial charge in [0, 0.05) is 44.1 Å². The second-order valence-electron chi connectivity index (χ2n) is 7.37. The van der Waals surface area contributed by atoms with E-state index < -0.39 is 10.0 Å². The van der Waals surface area contributed by atoms with Crippen LogP contribution in [0.3, 0.4) is 0 Å². The number of pyridine rings is 1. The second-order valence-corrected chi connectivity index (χ2v) is 9.14. The molecule has 0 fully saturated rings. The summed E-state index contributed by atoms with van der Waals surface area (Å²) < 4.78 is 27.5. The molecule has 1 aliphatic rings. The standard InChI is InChI=1S/C24H24N4O3S/c29-24-23-15-22(10-9-21(23)17-27-24)32(30,31)28-14-13-25-11-1-3-18-5-7-19(8-6-18)20-4-2-12-26-16-20/h1-10,12,15-16,25,28H,11,13-14,17H2,(H,27,29)/b3-1+. The van der Waals surface area contributed by atoms with Crippen molar-refractivity contribution in [3.05, 3.63) is 89.8 Å². The first-order chi connectivity index (χ1) is 15.5. The molecule has 0 unspecified atom stereocenters. The highest BCUT2D eigenvalue weighted by molar-refractivity contribution is 7.89. The normalized spacial score (nSPS) is 13.3. The summed E-state index contributed by atoms with van der Waals surface area (Å²) in [6.07, 6.45) is 7.60. The van der Waals surface area contributed by atoms with E-state index >= 15 is 0 Å². The molecule has 164 valence electrons. The van der Waals surface area contributed by atoms with Crippen LogP contribution in [-0.4, -0.2) is 38.9 Å². The van der Waals surface area contributed by atoms with Gasteiger partial charge in [-0.05, 0) is 40.5 Å². The lowest BCUT2D eigenvalue weighted by atomic mass is 10.1. The lowest BCUT2D eigenvalue weighted by Gasteiger charge is -2.08. The zero-order chi connectivity index (χ0) is 22.4. The number of benzene rings is 2. The van der Waals surface area contributed by atoms with E-state index in [0.717, 1.165) is 22.3 Å². The van der Waals surface area contributed by atoms with Crippen LogP contribution in [0.2, 0.25) is 0 Å². The maximum absolute atomic E-state index is 12.5. The fourth-order valence-corrected chi connectivity index (χ4v) is 4.47. The summed E-state index contributed by atoms with van der Waals surface area (Å²) in [7, 11) is -3.66. The van der Waals surface area contributed by atoms with E-state index in [2.05, 4.69) is 32.5 Å². The molecule has 0 atom stereocenters. The van der Waals surface area contributed by atoms with Crippen LogP contribution in [0, 0.1) is 0 Å². The number of nitrogens with zero attached hydrogens (tertiary/aromatic N) is 1. The van der Waals surface area contributed by atoms with Crippen molar-refractivity contribution in [2.24, 2.45) is 0 Å². The Labute approximate surface area is 187 Å². The van der Waals surface area contributed by atoms with Crippen LogP contribution >= 0.6 is 0 Å². The minimum Gasteiger partial charge on any atom is -0.348 e.